The third kappa shape index (κ3) is 3.63. The molecule has 1 saturated carbocycles. The predicted molar refractivity (Wildman–Crippen MR) is 81.3 cm³/mol. The Morgan fingerprint density at radius 3 is 2.38 bits per heavy atom. The summed E-state index contributed by atoms with van der Waals surface area (Å²) in [5.41, 5.74) is 0.815. The summed E-state index contributed by atoms with van der Waals surface area (Å²) < 4.78 is 0. The van der Waals surface area contributed by atoms with Crippen molar-refractivity contribution in [3.8, 4) is 0 Å². The zero-order valence-electron chi connectivity index (χ0n) is 12.9. The topological polar surface area (TPSA) is 57.6 Å². The Labute approximate surface area is 125 Å². The number of hydrogen-bond donors (Lipinski definition) is 1. The molecule has 1 atom stereocenters. The molecule has 0 bridgehead atoms. The predicted octanol–water partition coefficient (Wildman–Crippen LogP) is 2.96. The van der Waals surface area contributed by atoms with E-state index < -0.39 is 5.97 Å². The summed E-state index contributed by atoms with van der Waals surface area (Å²) in [7, 11) is 0. The molecule has 114 valence electrons. The van der Waals surface area contributed by atoms with Crippen molar-refractivity contribution in [2.75, 3.05) is 0 Å². The van der Waals surface area contributed by atoms with Gasteiger partial charge in [-0.1, -0.05) is 32.0 Å². The summed E-state index contributed by atoms with van der Waals surface area (Å²) in [4.78, 5) is 25.8. The number of carboxylic acid groups (broad SMARTS) is 1. The Kier molecular flexibility index (Phi) is 4.66. The average molecular weight is 289 g/mol. The van der Waals surface area contributed by atoms with Crippen LogP contribution in [0.5, 0.6) is 0 Å². The smallest absolute Gasteiger partial charge is 0.335 e. The number of carboxylic acids is 1. The first-order valence-corrected chi connectivity index (χ1v) is 7.54. The molecule has 1 aromatic rings. The Morgan fingerprint density at radius 1 is 1.24 bits per heavy atom. The van der Waals surface area contributed by atoms with Crippen LogP contribution in [0.15, 0.2) is 24.3 Å². The van der Waals surface area contributed by atoms with Gasteiger partial charge in [0.05, 0.1) is 12.0 Å². The molecule has 4 nitrogen and oxygen atoms in total. The van der Waals surface area contributed by atoms with Crippen LogP contribution in [0.2, 0.25) is 0 Å². The van der Waals surface area contributed by atoms with E-state index in [1.54, 1.807) is 24.3 Å². The van der Waals surface area contributed by atoms with E-state index in [1.165, 1.54) is 0 Å². The van der Waals surface area contributed by atoms with Crippen molar-refractivity contribution in [3.05, 3.63) is 35.4 Å². The standard InChI is InChI=1S/C17H23NO3/c1-11(2)12(3)18(14-8-9-14)16(19)10-13-6-4-5-7-15(13)17(20)21/h4-7,11-12,14H,8-10H2,1-3H3,(H,20,21). The first-order chi connectivity index (χ1) is 9.91. The van der Waals surface area contributed by atoms with Crippen molar-refractivity contribution in [1.29, 1.82) is 0 Å². The summed E-state index contributed by atoms with van der Waals surface area (Å²) in [5, 5.41) is 9.21. The second-order valence-electron chi connectivity index (χ2n) is 6.16. The van der Waals surface area contributed by atoms with Gasteiger partial charge >= 0.3 is 5.97 Å². The molecule has 1 fully saturated rings. The molecule has 1 aromatic carbocycles. The van der Waals surface area contributed by atoms with Gasteiger partial charge in [0.2, 0.25) is 5.91 Å². The fourth-order valence-electron chi connectivity index (χ4n) is 2.57. The molecular weight excluding hydrogens is 266 g/mol. The first-order valence-electron chi connectivity index (χ1n) is 7.54. The molecule has 0 heterocycles. The van der Waals surface area contributed by atoms with Crippen LogP contribution in [-0.2, 0) is 11.2 Å². The van der Waals surface area contributed by atoms with Gasteiger partial charge in [-0.3, -0.25) is 4.79 Å². The van der Waals surface area contributed by atoms with E-state index in [0.29, 0.717) is 17.5 Å². The lowest BCUT2D eigenvalue weighted by Gasteiger charge is -2.32. The van der Waals surface area contributed by atoms with E-state index in [2.05, 4.69) is 20.8 Å². The monoisotopic (exact) mass is 289 g/mol. The number of rotatable bonds is 6. The molecular formula is C17H23NO3. The SMILES string of the molecule is CC(C)C(C)N(C(=O)Cc1ccccc1C(=O)O)C1CC1. The lowest BCUT2D eigenvalue weighted by atomic mass is 10.0. The molecule has 0 radical (unpaired) electrons. The maximum atomic E-state index is 12.6. The number of carbonyl (C=O) groups excluding carboxylic acids is 1. The highest BCUT2D eigenvalue weighted by Crippen LogP contribution is 2.31. The highest BCUT2D eigenvalue weighted by molar-refractivity contribution is 5.91. The molecule has 1 amide bonds. The van der Waals surface area contributed by atoms with Crippen LogP contribution in [0.25, 0.3) is 0 Å². The molecule has 0 saturated heterocycles. The second-order valence-corrected chi connectivity index (χ2v) is 6.16. The zero-order valence-corrected chi connectivity index (χ0v) is 12.9. The van der Waals surface area contributed by atoms with E-state index in [1.807, 2.05) is 4.90 Å². The highest BCUT2D eigenvalue weighted by Gasteiger charge is 2.36. The van der Waals surface area contributed by atoms with Gasteiger partial charge in [-0.25, -0.2) is 4.79 Å². The average Bonchev–Trinajstić information content (AvgIpc) is 3.23. The number of nitrogens with zero attached hydrogens (tertiary/aromatic N) is 1. The van der Waals surface area contributed by atoms with Crippen molar-refractivity contribution in [3.63, 3.8) is 0 Å². The Balaban J connectivity index is 2.18. The minimum Gasteiger partial charge on any atom is -0.478 e. The molecule has 0 aromatic heterocycles. The van der Waals surface area contributed by atoms with Crippen molar-refractivity contribution >= 4 is 11.9 Å². The van der Waals surface area contributed by atoms with Crippen LogP contribution in [0, 0.1) is 5.92 Å². The van der Waals surface area contributed by atoms with Crippen molar-refractivity contribution in [1.82, 2.24) is 4.90 Å². The van der Waals surface area contributed by atoms with Crippen molar-refractivity contribution in [2.24, 2.45) is 5.92 Å². The molecule has 2 rings (SSSR count). The highest BCUT2D eigenvalue weighted by atomic mass is 16.4. The van der Waals surface area contributed by atoms with Crippen molar-refractivity contribution in [2.45, 2.75) is 52.1 Å². The van der Waals surface area contributed by atoms with Gasteiger partial charge in [-0.2, -0.15) is 0 Å². The second kappa shape index (κ2) is 6.29. The Morgan fingerprint density at radius 2 is 1.86 bits per heavy atom. The van der Waals surface area contributed by atoms with Gasteiger partial charge in [0.25, 0.3) is 0 Å². The van der Waals surface area contributed by atoms with Crippen molar-refractivity contribution < 1.29 is 14.7 Å². The van der Waals surface area contributed by atoms with Crippen LogP contribution >= 0.6 is 0 Å². The Bertz CT molecular complexity index is 535. The van der Waals surface area contributed by atoms with E-state index in [0.717, 1.165) is 12.8 Å². The van der Waals surface area contributed by atoms with Gasteiger partial charge in [0.15, 0.2) is 0 Å². The molecule has 0 spiro atoms. The summed E-state index contributed by atoms with van der Waals surface area (Å²) in [6, 6.07) is 7.27. The van der Waals surface area contributed by atoms with E-state index in [-0.39, 0.29) is 23.9 Å². The van der Waals surface area contributed by atoms with Crippen LogP contribution < -0.4 is 0 Å². The quantitative estimate of drug-likeness (QED) is 0.876. The van der Waals surface area contributed by atoms with Crippen LogP contribution in [0.4, 0.5) is 0 Å². The normalized spacial score (nSPS) is 15.8. The van der Waals surface area contributed by atoms with Crippen LogP contribution in [0.1, 0.15) is 49.5 Å². The van der Waals surface area contributed by atoms with Crippen LogP contribution in [0.3, 0.4) is 0 Å². The lowest BCUT2D eigenvalue weighted by molar-refractivity contribution is -0.134. The van der Waals surface area contributed by atoms with Gasteiger partial charge in [-0.05, 0) is 37.3 Å². The van der Waals surface area contributed by atoms with E-state index in [9.17, 15) is 14.7 Å². The molecule has 4 heteroatoms. The molecule has 1 aliphatic rings. The molecule has 21 heavy (non-hydrogen) atoms. The summed E-state index contributed by atoms with van der Waals surface area (Å²) >= 11 is 0. The number of carbonyl (C=O) groups is 2. The van der Waals surface area contributed by atoms with Gasteiger partial charge < -0.3 is 10.0 Å². The summed E-state index contributed by atoms with van der Waals surface area (Å²) in [6.07, 6.45) is 2.28. The fraction of sp³-hybridized carbons (Fsp3) is 0.529. The van der Waals surface area contributed by atoms with Gasteiger partial charge in [-0.15, -0.1) is 0 Å². The summed E-state index contributed by atoms with van der Waals surface area (Å²) in [6.45, 7) is 6.29. The first kappa shape index (κ1) is 15.5. The number of benzene rings is 1. The van der Waals surface area contributed by atoms with E-state index >= 15 is 0 Å². The third-order valence-electron chi connectivity index (χ3n) is 4.22. The van der Waals surface area contributed by atoms with Crippen LogP contribution in [-0.4, -0.2) is 34.0 Å². The molecule has 1 unspecified atom stereocenters. The summed E-state index contributed by atoms with van der Waals surface area (Å²) in [5.74, 6) is -0.551. The fourth-order valence-corrected chi connectivity index (χ4v) is 2.57. The maximum absolute atomic E-state index is 12.6. The number of hydrogen-bond acceptors (Lipinski definition) is 2. The zero-order chi connectivity index (χ0) is 15.6. The molecule has 1 N–H and O–H groups in total. The minimum absolute atomic E-state index is 0.0346. The minimum atomic E-state index is -0.978. The lowest BCUT2D eigenvalue weighted by Crippen LogP contribution is -2.44. The number of amides is 1. The van der Waals surface area contributed by atoms with Gasteiger partial charge in [0.1, 0.15) is 0 Å². The van der Waals surface area contributed by atoms with E-state index in [4.69, 9.17) is 0 Å². The van der Waals surface area contributed by atoms with Gasteiger partial charge in [0, 0.05) is 12.1 Å². The maximum Gasteiger partial charge on any atom is 0.335 e. The largest absolute Gasteiger partial charge is 0.478 e. The number of aromatic carboxylic acids is 1. The Hall–Kier alpha value is -1.84. The molecule has 0 aliphatic heterocycles. The molecule has 1 aliphatic carbocycles. The third-order valence-corrected chi connectivity index (χ3v) is 4.22.